The highest BCUT2D eigenvalue weighted by atomic mass is 79.9. The molecule has 0 aliphatic rings. The molecule has 0 aliphatic carbocycles. The van der Waals surface area contributed by atoms with E-state index in [9.17, 15) is 0 Å². The van der Waals surface area contributed by atoms with Crippen LogP contribution in [-0.2, 0) is 0 Å². The molecule has 0 amide bonds. The van der Waals surface area contributed by atoms with E-state index in [2.05, 4.69) is 41.2 Å². The van der Waals surface area contributed by atoms with Crippen molar-refractivity contribution in [1.82, 2.24) is 5.32 Å². The monoisotopic (exact) mass is 285 g/mol. The number of rotatable bonds is 5. The van der Waals surface area contributed by atoms with Gasteiger partial charge in [-0.3, -0.25) is 0 Å². The molecule has 0 saturated heterocycles. The fraction of sp³-hybridized carbons (Fsp3) is 0.538. The fourth-order valence-electron chi connectivity index (χ4n) is 1.79. The number of benzene rings is 1. The topological polar surface area (TPSA) is 21.3 Å². The Morgan fingerprint density at radius 3 is 2.50 bits per heavy atom. The van der Waals surface area contributed by atoms with Gasteiger partial charge in [-0.05, 0) is 37.1 Å². The van der Waals surface area contributed by atoms with Gasteiger partial charge in [0.05, 0.1) is 7.11 Å². The minimum atomic E-state index is 0.389. The molecule has 0 saturated carbocycles. The molecule has 1 rings (SSSR count). The molecule has 1 aromatic rings. The zero-order valence-corrected chi connectivity index (χ0v) is 12.0. The van der Waals surface area contributed by atoms with Crippen LogP contribution in [0.5, 0.6) is 5.75 Å². The first kappa shape index (κ1) is 13.5. The number of hydrogen-bond donors (Lipinski definition) is 1. The van der Waals surface area contributed by atoms with Crippen molar-refractivity contribution in [2.45, 2.75) is 26.3 Å². The maximum Gasteiger partial charge on any atom is 0.120 e. The van der Waals surface area contributed by atoms with Crippen LogP contribution in [0.1, 0.15) is 31.9 Å². The fourth-order valence-corrected chi connectivity index (χ4v) is 2.42. The van der Waals surface area contributed by atoms with Crippen LogP contribution in [-0.4, -0.2) is 14.2 Å². The van der Waals surface area contributed by atoms with Gasteiger partial charge in [-0.15, -0.1) is 0 Å². The Hall–Kier alpha value is -0.540. The molecule has 0 fully saturated rings. The maximum absolute atomic E-state index is 5.19. The van der Waals surface area contributed by atoms with Gasteiger partial charge in [0.15, 0.2) is 0 Å². The standard InChI is InChI=1S/C13H20BrNO/c1-9(2)7-13(15-3)11-6-5-10(16-4)8-12(11)14/h5-6,8-9,13,15H,7H2,1-4H3. The number of ether oxygens (including phenoxy) is 1. The SMILES string of the molecule is CNC(CC(C)C)c1ccc(OC)cc1Br. The predicted octanol–water partition coefficient (Wildman–Crippen LogP) is 3.76. The van der Waals surface area contributed by atoms with Gasteiger partial charge in [0.1, 0.15) is 5.75 Å². The lowest BCUT2D eigenvalue weighted by Crippen LogP contribution is -2.18. The molecule has 2 nitrogen and oxygen atoms in total. The van der Waals surface area contributed by atoms with Crippen molar-refractivity contribution < 1.29 is 4.74 Å². The summed E-state index contributed by atoms with van der Waals surface area (Å²) in [6, 6.07) is 6.53. The molecule has 1 unspecified atom stereocenters. The van der Waals surface area contributed by atoms with Crippen molar-refractivity contribution in [3.05, 3.63) is 28.2 Å². The first-order chi connectivity index (χ1) is 7.58. The molecule has 0 radical (unpaired) electrons. The Kier molecular flexibility index (Phi) is 5.29. The van der Waals surface area contributed by atoms with E-state index in [1.807, 2.05) is 19.2 Å². The van der Waals surface area contributed by atoms with E-state index in [1.54, 1.807) is 7.11 Å². The normalized spacial score (nSPS) is 12.9. The average molecular weight is 286 g/mol. The number of hydrogen-bond acceptors (Lipinski definition) is 2. The highest BCUT2D eigenvalue weighted by molar-refractivity contribution is 9.10. The second-order valence-electron chi connectivity index (χ2n) is 4.36. The number of nitrogens with one attached hydrogen (secondary N) is 1. The van der Waals surface area contributed by atoms with E-state index >= 15 is 0 Å². The summed E-state index contributed by atoms with van der Waals surface area (Å²) >= 11 is 3.60. The molecule has 0 aliphatic heterocycles. The minimum absolute atomic E-state index is 0.389. The van der Waals surface area contributed by atoms with Crippen LogP contribution in [0, 0.1) is 5.92 Å². The van der Waals surface area contributed by atoms with Crippen LogP contribution in [0.15, 0.2) is 22.7 Å². The minimum Gasteiger partial charge on any atom is -0.497 e. The third-order valence-corrected chi connectivity index (χ3v) is 3.33. The summed E-state index contributed by atoms with van der Waals surface area (Å²) < 4.78 is 6.30. The van der Waals surface area contributed by atoms with Crippen LogP contribution < -0.4 is 10.1 Å². The van der Waals surface area contributed by atoms with Crippen molar-refractivity contribution >= 4 is 15.9 Å². The first-order valence-corrected chi connectivity index (χ1v) is 6.38. The lowest BCUT2D eigenvalue weighted by molar-refractivity contribution is 0.413. The van der Waals surface area contributed by atoms with Crippen molar-refractivity contribution in [3.63, 3.8) is 0 Å². The van der Waals surface area contributed by atoms with E-state index in [0.29, 0.717) is 12.0 Å². The molecule has 0 bridgehead atoms. The van der Waals surface area contributed by atoms with Crippen molar-refractivity contribution in [1.29, 1.82) is 0 Å². The summed E-state index contributed by atoms with van der Waals surface area (Å²) in [5, 5.41) is 3.36. The molecule has 0 aromatic heterocycles. The number of methoxy groups -OCH3 is 1. The Morgan fingerprint density at radius 2 is 2.06 bits per heavy atom. The van der Waals surface area contributed by atoms with Crippen LogP contribution in [0.3, 0.4) is 0 Å². The van der Waals surface area contributed by atoms with Crippen molar-refractivity contribution in [2.75, 3.05) is 14.2 Å². The molecule has 1 aromatic carbocycles. The molecular weight excluding hydrogens is 266 g/mol. The van der Waals surface area contributed by atoms with Crippen LogP contribution in [0.25, 0.3) is 0 Å². The molecule has 1 N–H and O–H groups in total. The van der Waals surface area contributed by atoms with Gasteiger partial charge < -0.3 is 10.1 Å². The van der Waals surface area contributed by atoms with Gasteiger partial charge in [0.25, 0.3) is 0 Å². The molecule has 0 heterocycles. The van der Waals surface area contributed by atoms with Gasteiger partial charge in [-0.1, -0.05) is 35.8 Å². The van der Waals surface area contributed by atoms with Gasteiger partial charge >= 0.3 is 0 Å². The lowest BCUT2D eigenvalue weighted by Gasteiger charge is -2.20. The van der Waals surface area contributed by atoms with E-state index in [0.717, 1.165) is 16.6 Å². The van der Waals surface area contributed by atoms with Gasteiger partial charge in [0, 0.05) is 10.5 Å². The zero-order valence-electron chi connectivity index (χ0n) is 10.4. The number of halogens is 1. The predicted molar refractivity (Wildman–Crippen MR) is 71.9 cm³/mol. The molecular formula is C13H20BrNO. The summed E-state index contributed by atoms with van der Waals surface area (Å²) in [4.78, 5) is 0. The third-order valence-electron chi connectivity index (χ3n) is 2.64. The Labute approximate surface area is 107 Å². The summed E-state index contributed by atoms with van der Waals surface area (Å²) in [7, 11) is 3.69. The Morgan fingerprint density at radius 1 is 1.38 bits per heavy atom. The Bertz CT molecular complexity index is 339. The lowest BCUT2D eigenvalue weighted by atomic mass is 9.97. The highest BCUT2D eigenvalue weighted by Crippen LogP contribution is 2.30. The zero-order chi connectivity index (χ0) is 12.1. The summed E-state index contributed by atoms with van der Waals surface area (Å²) in [6.45, 7) is 4.48. The van der Waals surface area contributed by atoms with Crippen molar-refractivity contribution in [3.8, 4) is 5.75 Å². The highest BCUT2D eigenvalue weighted by Gasteiger charge is 2.14. The Balaban J connectivity index is 2.92. The quantitative estimate of drug-likeness (QED) is 0.889. The summed E-state index contributed by atoms with van der Waals surface area (Å²) in [5.41, 5.74) is 1.29. The van der Waals surface area contributed by atoms with Crippen LogP contribution >= 0.6 is 15.9 Å². The van der Waals surface area contributed by atoms with Crippen molar-refractivity contribution in [2.24, 2.45) is 5.92 Å². The van der Waals surface area contributed by atoms with Gasteiger partial charge in [-0.25, -0.2) is 0 Å². The van der Waals surface area contributed by atoms with Gasteiger partial charge in [-0.2, -0.15) is 0 Å². The van der Waals surface area contributed by atoms with Crippen LogP contribution in [0.2, 0.25) is 0 Å². The van der Waals surface area contributed by atoms with Crippen LogP contribution in [0.4, 0.5) is 0 Å². The molecule has 3 heteroatoms. The van der Waals surface area contributed by atoms with E-state index in [4.69, 9.17) is 4.74 Å². The van der Waals surface area contributed by atoms with E-state index < -0.39 is 0 Å². The summed E-state index contributed by atoms with van der Waals surface area (Å²) in [5.74, 6) is 1.56. The third kappa shape index (κ3) is 3.49. The van der Waals surface area contributed by atoms with E-state index in [1.165, 1.54) is 5.56 Å². The van der Waals surface area contributed by atoms with E-state index in [-0.39, 0.29) is 0 Å². The maximum atomic E-state index is 5.19. The average Bonchev–Trinajstić information content (AvgIpc) is 2.25. The molecule has 90 valence electrons. The summed E-state index contributed by atoms with van der Waals surface area (Å²) in [6.07, 6.45) is 1.13. The first-order valence-electron chi connectivity index (χ1n) is 5.59. The van der Waals surface area contributed by atoms with Gasteiger partial charge in [0.2, 0.25) is 0 Å². The molecule has 16 heavy (non-hydrogen) atoms. The molecule has 1 atom stereocenters. The molecule has 0 spiro atoms. The largest absolute Gasteiger partial charge is 0.497 e. The second kappa shape index (κ2) is 6.26. The smallest absolute Gasteiger partial charge is 0.120 e. The second-order valence-corrected chi connectivity index (χ2v) is 5.21.